The van der Waals surface area contributed by atoms with Gasteiger partial charge in [0, 0.05) is 12.4 Å². The number of hydrogen-bond donors (Lipinski definition) is 1. The first-order valence-electron chi connectivity index (χ1n) is 7.93. The van der Waals surface area contributed by atoms with Gasteiger partial charge in [-0.2, -0.15) is 5.10 Å². The van der Waals surface area contributed by atoms with E-state index in [0.29, 0.717) is 16.9 Å². The van der Waals surface area contributed by atoms with Crippen LogP contribution in [0.2, 0.25) is 0 Å². The molecule has 0 bridgehead atoms. The van der Waals surface area contributed by atoms with Gasteiger partial charge in [-0.15, -0.1) is 0 Å². The van der Waals surface area contributed by atoms with E-state index in [1.165, 1.54) is 36.7 Å². The van der Waals surface area contributed by atoms with Crippen LogP contribution in [-0.4, -0.2) is 23.1 Å². The summed E-state index contributed by atoms with van der Waals surface area (Å²) in [6, 6.07) is 14.9. The Balaban J connectivity index is 1.56. The number of nitrogens with zero attached hydrogens (tertiary/aromatic N) is 2. The number of benzene rings is 2. The van der Waals surface area contributed by atoms with E-state index in [9.17, 15) is 14.0 Å². The normalized spacial score (nSPS) is 10.6. The Bertz CT molecular complexity index is 956. The molecule has 2 aromatic carbocycles. The molecule has 0 fully saturated rings. The molecule has 1 N–H and O–H groups in total. The molecule has 0 aliphatic carbocycles. The van der Waals surface area contributed by atoms with Crippen molar-refractivity contribution in [1.82, 2.24) is 10.4 Å². The van der Waals surface area contributed by atoms with Gasteiger partial charge < -0.3 is 4.74 Å². The largest absolute Gasteiger partial charge is 0.423 e. The Morgan fingerprint density at radius 3 is 2.41 bits per heavy atom. The highest BCUT2D eigenvalue weighted by atomic mass is 19.1. The van der Waals surface area contributed by atoms with Crippen LogP contribution >= 0.6 is 0 Å². The fourth-order valence-corrected chi connectivity index (χ4v) is 2.10. The molecule has 134 valence electrons. The summed E-state index contributed by atoms with van der Waals surface area (Å²) in [7, 11) is 0. The zero-order valence-electron chi connectivity index (χ0n) is 14.0. The molecule has 3 aromatic rings. The molecule has 0 saturated carbocycles. The molecular weight excluding hydrogens is 349 g/mol. The van der Waals surface area contributed by atoms with Gasteiger partial charge in [0.25, 0.3) is 5.91 Å². The number of amides is 1. The van der Waals surface area contributed by atoms with Gasteiger partial charge in [-0.1, -0.05) is 0 Å². The van der Waals surface area contributed by atoms with Gasteiger partial charge in [0.15, 0.2) is 0 Å². The van der Waals surface area contributed by atoms with Gasteiger partial charge in [-0.25, -0.2) is 14.6 Å². The minimum Gasteiger partial charge on any atom is -0.423 e. The number of esters is 1. The smallest absolute Gasteiger partial charge is 0.343 e. The molecule has 6 nitrogen and oxygen atoms in total. The molecule has 0 radical (unpaired) electrons. The third-order valence-corrected chi connectivity index (χ3v) is 3.47. The number of ether oxygens (including phenoxy) is 1. The maximum absolute atomic E-state index is 12.9. The topological polar surface area (TPSA) is 80.6 Å². The Morgan fingerprint density at radius 1 is 1.00 bits per heavy atom. The number of hydrogen-bond acceptors (Lipinski definition) is 5. The first kappa shape index (κ1) is 17.9. The second-order valence-electron chi connectivity index (χ2n) is 5.41. The van der Waals surface area contributed by atoms with Crippen LogP contribution in [0, 0.1) is 5.82 Å². The van der Waals surface area contributed by atoms with E-state index in [1.54, 1.807) is 42.6 Å². The van der Waals surface area contributed by atoms with Crippen molar-refractivity contribution in [3.8, 4) is 5.75 Å². The summed E-state index contributed by atoms with van der Waals surface area (Å²) in [5.74, 6) is -1.05. The minimum atomic E-state index is -0.583. The number of carbonyl (C=O) groups is 2. The number of carbonyl (C=O) groups excluding carboxylic acids is 2. The first-order valence-corrected chi connectivity index (χ1v) is 7.93. The van der Waals surface area contributed by atoms with Crippen molar-refractivity contribution in [3.05, 3.63) is 95.6 Å². The van der Waals surface area contributed by atoms with E-state index < -0.39 is 11.8 Å². The highest BCUT2D eigenvalue weighted by Gasteiger charge is 2.08. The van der Waals surface area contributed by atoms with Crippen LogP contribution in [0.15, 0.2) is 78.2 Å². The molecule has 1 amide bonds. The van der Waals surface area contributed by atoms with Crippen molar-refractivity contribution in [2.24, 2.45) is 5.10 Å². The lowest BCUT2D eigenvalue weighted by Crippen LogP contribution is -2.17. The summed E-state index contributed by atoms with van der Waals surface area (Å²) < 4.78 is 18.1. The zero-order chi connectivity index (χ0) is 19.1. The Morgan fingerprint density at radius 2 is 1.74 bits per heavy atom. The second-order valence-corrected chi connectivity index (χ2v) is 5.41. The predicted octanol–water partition coefficient (Wildman–Crippen LogP) is 3.20. The lowest BCUT2D eigenvalue weighted by Gasteiger charge is -2.04. The monoisotopic (exact) mass is 363 g/mol. The Hall–Kier alpha value is -3.87. The molecular formula is C20H14FN3O3. The van der Waals surface area contributed by atoms with Crippen molar-refractivity contribution >= 4 is 18.1 Å². The van der Waals surface area contributed by atoms with Crippen molar-refractivity contribution in [3.63, 3.8) is 0 Å². The molecule has 0 aliphatic heterocycles. The standard InChI is InChI=1S/C20H14FN3O3/c21-17-7-5-15(6-8-17)20(26)27-18-9-3-14(4-10-18)12-23-24-19(25)16-2-1-11-22-13-16/h1-13H,(H,24,25)/b23-12-. The molecule has 1 aromatic heterocycles. The number of rotatable bonds is 5. The lowest BCUT2D eigenvalue weighted by atomic mass is 10.2. The van der Waals surface area contributed by atoms with E-state index in [0.717, 1.165) is 0 Å². The van der Waals surface area contributed by atoms with Crippen LogP contribution in [0.5, 0.6) is 5.75 Å². The molecule has 0 aliphatic rings. The van der Waals surface area contributed by atoms with Gasteiger partial charge in [-0.05, 0) is 66.2 Å². The van der Waals surface area contributed by atoms with Crippen molar-refractivity contribution in [1.29, 1.82) is 0 Å². The predicted molar refractivity (Wildman–Crippen MR) is 97.1 cm³/mol. The van der Waals surface area contributed by atoms with Crippen molar-refractivity contribution < 1.29 is 18.7 Å². The number of pyridine rings is 1. The number of aromatic nitrogens is 1. The highest BCUT2D eigenvalue weighted by Crippen LogP contribution is 2.14. The van der Waals surface area contributed by atoms with E-state index in [4.69, 9.17) is 4.74 Å². The van der Waals surface area contributed by atoms with E-state index in [2.05, 4.69) is 15.5 Å². The SMILES string of the molecule is O=C(N/N=C\c1ccc(OC(=O)c2ccc(F)cc2)cc1)c1cccnc1. The average Bonchev–Trinajstić information content (AvgIpc) is 2.70. The van der Waals surface area contributed by atoms with E-state index >= 15 is 0 Å². The van der Waals surface area contributed by atoms with Crippen molar-refractivity contribution in [2.45, 2.75) is 0 Å². The molecule has 27 heavy (non-hydrogen) atoms. The number of hydrazone groups is 1. The third kappa shape index (κ3) is 5.05. The fourth-order valence-electron chi connectivity index (χ4n) is 2.10. The van der Waals surface area contributed by atoms with Crippen molar-refractivity contribution in [2.75, 3.05) is 0 Å². The fraction of sp³-hybridized carbons (Fsp3) is 0. The summed E-state index contributed by atoms with van der Waals surface area (Å²) in [4.78, 5) is 27.6. The lowest BCUT2D eigenvalue weighted by molar-refractivity contribution is 0.0734. The van der Waals surface area contributed by atoms with Gasteiger partial charge >= 0.3 is 5.97 Å². The van der Waals surface area contributed by atoms with Crippen LogP contribution in [0.1, 0.15) is 26.3 Å². The summed E-state index contributed by atoms with van der Waals surface area (Å²) in [6.45, 7) is 0. The minimum absolute atomic E-state index is 0.250. The summed E-state index contributed by atoms with van der Waals surface area (Å²) >= 11 is 0. The average molecular weight is 363 g/mol. The van der Waals surface area contributed by atoms with Crippen LogP contribution in [-0.2, 0) is 0 Å². The summed E-state index contributed by atoms with van der Waals surface area (Å²) in [5, 5.41) is 3.87. The van der Waals surface area contributed by atoms with Crippen LogP contribution < -0.4 is 10.2 Å². The van der Waals surface area contributed by atoms with Crippen LogP contribution in [0.25, 0.3) is 0 Å². The third-order valence-electron chi connectivity index (χ3n) is 3.47. The quantitative estimate of drug-likeness (QED) is 0.327. The Kier molecular flexibility index (Phi) is 5.64. The highest BCUT2D eigenvalue weighted by molar-refractivity contribution is 5.94. The van der Waals surface area contributed by atoms with Crippen LogP contribution in [0.4, 0.5) is 4.39 Å². The zero-order valence-corrected chi connectivity index (χ0v) is 14.0. The van der Waals surface area contributed by atoms with Crippen LogP contribution in [0.3, 0.4) is 0 Å². The molecule has 1 heterocycles. The van der Waals surface area contributed by atoms with Gasteiger partial charge in [0.05, 0.1) is 17.3 Å². The molecule has 0 saturated heterocycles. The second kappa shape index (κ2) is 8.48. The number of halogens is 1. The summed E-state index contributed by atoms with van der Waals surface area (Å²) in [5.41, 5.74) is 3.74. The first-order chi connectivity index (χ1) is 13.1. The molecule has 0 unspecified atom stereocenters. The van der Waals surface area contributed by atoms with E-state index in [-0.39, 0.29) is 11.5 Å². The van der Waals surface area contributed by atoms with Gasteiger partial charge in [0.1, 0.15) is 11.6 Å². The van der Waals surface area contributed by atoms with Gasteiger partial charge in [0.2, 0.25) is 0 Å². The summed E-state index contributed by atoms with van der Waals surface area (Å²) in [6.07, 6.45) is 4.47. The Labute approximate surface area is 154 Å². The number of nitrogens with one attached hydrogen (secondary N) is 1. The van der Waals surface area contributed by atoms with Gasteiger partial charge in [-0.3, -0.25) is 9.78 Å². The maximum atomic E-state index is 12.9. The maximum Gasteiger partial charge on any atom is 0.343 e. The molecule has 0 atom stereocenters. The molecule has 0 spiro atoms. The van der Waals surface area contributed by atoms with E-state index in [1.807, 2.05) is 0 Å². The molecule has 3 rings (SSSR count). The molecule has 7 heteroatoms.